The van der Waals surface area contributed by atoms with Gasteiger partial charge < -0.3 is 14.5 Å². The summed E-state index contributed by atoms with van der Waals surface area (Å²) in [4.78, 5) is 16.8. The van der Waals surface area contributed by atoms with Crippen molar-refractivity contribution in [2.75, 3.05) is 45.6 Å². The Morgan fingerprint density at radius 3 is 2.47 bits per heavy atom. The van der Waals surface area contributed by atoms with Crippen molar-refractivity contribution in [3.63, 3.8) is 0 Å². The molecule has 1 aliphatic heterocycles. The molecule has 1 aromatic heterocycles. The molecule has 3 aromatic rings. The highest BCUT2D eigenvalue weighted by Crippen LogP contribution is 2.30. The monoisotopic (exact) mass is 455 g/mol. The molecular formula is C23H26FN5O2S. The smallest absolute Gasteiger partial charge is 0.233 e. The van der Waals surface area contributed by atoms with Gasteiger partial charge in [0.25, 0.3) is 0 Å². The lowest BCUT2D eigenvalue weighted by molar-refractivity contribution is -0.129. The third-order valence-electron chi connectivity index (χ3n) is 5.33. The number of likely N-dealkylation sites (N-methyl/N-ethyl adjacent to an activating group) is 1. The van der Waals surface area contributed by atoms with Crippen molar-refractivity contribution >= 4 is 17.7 Å². The number of carbonyl (C=O) groups is 1. The first kappa shape index (κ1) is 22.3. The van der Waals surface area contributed by atoms with E-state index in [0.717, 1.165) is 24.4 Å². The molecule has 32 heavy (non-hydrogen) atoms. The Morgan fingerprint density at radius 1 is 1.06 bits per heavy atom. The lowest BCUT2D eigenvalue weighted by atomic mass is 10.2. The van der Waals surface area contributed by atoms with Gasteiger partial charge in [-0.15, -0.1) is 10.2 Å². The maximum Gasteiger partial charge on any atom is 0.233 e. The van der Waals surface area contributed by atoms with E-state index in [0.29, 0.717) is 36.4 Å². The Balaban J connectivity index is 1.61. The predicted molar refractivity (Wildman–Crippen MR) is 123 cm³/mol. The maximum absolute atomic E-state index is 14.7. The van der Waals surface area contributed by atoms with Gasteiger partial charge in [0, 0.05) is 31.7 Å². The van der Waals surface area contributed by atoms with Gasteiger partial charge in [-0.2, -0.15) is 0 Å². The first-order valence-electron chi connectivity index (χ1n) is 10.6. The predicted octanol–water partition coefficient (Wildman–Crippen LogP) is 3.34. The highest BCUT2D eigenvalue weighted by Gasteiger charge is 2.22. The summed E-state index contributed by atoms with van der Waals surface area (Å²) in [7, 11) is 2.05. The first-order chi connectivity index (χ1) is 15.6. The number of thioether (sulfide) groups is 1. The van der Waals surface area contributed by atoms with Crippen LogP contribution in [0.2, 0.25) is 0 Å². The number of benzene rings is 2. The van der Waals surface area contributed by atoms with Crippen LogP contribution in [-0.4, -0.2) is 76.1 Å². The molecule has 1 saturated heterocycles. The van der Waals surface area contributed by atoms with E-state index in [1.165, 1.54) is 17.8 Å². The summed E-state index contributed by atoms with van der Waals surface area (Å²) in [5.41, 5.74) is 1.12. The normalized spacial score (nSPS) is 14.5. The van der Waals surface area contributed by atoms with Crippen LogP contribution in [0.4, 0.5) is 4.39 Å². The number of halogens is 1. The highest BCUT2D eigenvalue weighted by atomic mass is 32.2. The number of nitrogens with zero attached hydrogens (tertiary/aromatic N) is 5. The first-order valence-corrected chi connectivity index (χ1v) is 11.6. The minimum atomic E-state index is -0.383. The van der Waals surface area contributed by atoms with Crippen LogP contribution in [0.15, 0.2) is 53.7 Å². The lowest BCUT2D eigenvalue weighted by Crippen LogP contribution is -2.47. The van der Waals surface area contributed by atoms with E-state index in [1.54, 1.807) is 22.8 Å². The van der Waals surface area contributed by atoms with E-state index in [1.807, 2.05) is 36.1 Å². The molecule has 0 radical (unpaired) electrons. The largest absolute Gasteiger partial charge is 0.494 e. The number of hydrogen-bond donors (Lipinski definition) is 0. The summed E-state index contributed by atoms with van der Waals surface area (Å²) < 4.78 is 21.9. The van der Waals surface area contributed by atoms with Crippen molar-refractivity contribution in [1.29, 1.82) is 0 Å². The quantitative estimate of drug-likeness (QED) is 0.509. The summed E-state index contributed by atoms with van der Waals surface area (Å²) in [5.74, 6) is 1.15. The fraction of sp³-hybridized carbons (Fsp3) is 0.348. The Bertz CT molecular complexity index is 1060. The zero-order valence-electron chi connectivity index (χ0n) is 18.2. The summed E-state index contributed by atoms with van der Waals surface area (Å²) >= 11 is 1.27. The van der Waals surface area contributed by atoms with Crippen LogP contribution in [-0.2, 0) is 4.79 Å². The SMILES string of the molecule is CCOc1ccc(-c2nnc(SCC(=O)N3CCN(C)CC3)n2-c2ccccc2F)cc1. The molecule has 0 aliphatic carbocycles. The summed E-state index contributed by atoms with van der Waals surface area (Å²) in [6.45, 7) is 5.66. The van der Waals surface area contributed by atoms with Gasteiger partial charge in [-0.3, -0.25) is 9.36 Å². The second-order valence-electron chi connectivity index (χ2n) is 7.52. The molecule has 0 N–H and O–H groups in total. The van der Waals surface area contributed by atoms with Crippen molar-refractivity contribution in [3.8, 4) is 22.8 Å². The van der Waals surface area contributed by atoms with Crippen LogP contribution in [0, 0.1) is 5.82 Å². The number of piperazine rings is 1. The van der Waals surface area contributed by atoms with E-state index < -0.39 is 0 Å². The van der Waals surface area contributed by atoms with Crippen LogP contribution in [0.1, 0.15) is 6.92 Å². The van der Waals surface area contributed by atoms with Gasteiger partial charge in [-0.1, -0.05) is 23.9 Å². The van der Waals surface area contributed by atoms with E-state index >= 15 is 0 Å². The lowest BCUT2D eigenvalue weighted by Gasteiger charge is -2.32. The Labute approximate surface area is 191 Å². The van der Waals surface area contributed by atoms with Gasteiger partial charge in [0.1, 0.15) is 11.6 Å². The fourth-order valence-corrected chi connectivity index (χ4v) is 4.39. The second kappa shape index (κ2) is 10.1. The van der Waals surface area contributed by atoms with Gasteiger partial charge in [-0.05, 0) is 50.4 Å². The van der Waals surface area contributed by atoms with Crippen LogP contribution < -0.4 is 4.74 Å². The molecule has 1 fully saturated rings. The summed E-state index contributed by atoms with van der Waals surface area (Å²) in [5, 5.41) is 9.10. The molecule has 0 atom stereocenters. The van der Waals surface area contributed by atoms with Crippen molar-refractivity contribution < 1.29 is 13.9 Å². The van der Waals surface area contributed by atoms with Gasteiger partial charge in [0.15, 0.2) is 11.0 Å². The molecule has 1 aliphatic rings. The van der Waals surface area contributed by atoms with Gasteiger partial charge >= 0.3 is 0 Å². The highest BCUT2D eigenvalue weighted by molar-refractivity contribution is 7.99. The molecule has 0 unspecified atom stereocenters. The number of rotatable bonds is 7. The molecular weight excluding hydrogens is 429 g/mol. The minimum Gasteiger partial charge on any atom is -0.494 e. The van der Waals surface area contributed by atoms with Crippen LogP contribution in [0.5, 0.6) is 5.75 Å². The number of carbonyl (C=O) groups excluding carboxylic acids is 1. The van der Waals surface area contributed by atoms with E-state index in [9.17, 15) is 9.18 Å². The molecule has 4 rings (SSSR count). The van der Waals surface area contributed by atoms with Gasteiger partial charge in [-0.25, -0.2) is 4.39 Å². The molecule has 0 bridgehead atoms. The molecule has 7 nitrogen and oxygen atoms in total. The maximum atomic E-state index is 14.7. The van der Waals surface area contributed by atoms with Crippen molar-refractivity contribution in [3.05, 3.63) is 54.3 Å². The van der Waals surface area contributed by atoms with E-state index in [2.05, 4.69) is 22.1 Å². The fourth-order valence-electron chi connectivity index (χ4n) is 3.54. The Hall–Kier alpha value is -2.91. The molecule has 168 valence electrons. The Kier molecular flexibility index (Phi) is 7.06. The Morgan fingerprint density at radius 2 is 1.78 bits per heavy atom. The zero-order valence-corrected chi connectivity index (χ0v) is 19.0. The molecule has 0 spiro atoms. The minimum absolute atomic E-state index is 0.0498. The number of ether oxygens (including phenoxy) is 1. The average molecular weight is 456 g/mol. The number of amides is 1. The topological polar surface area (TPSA) is 63.5 Å². The molecule has 2 heterocycles. The zero-order chi connectivity index (χ0) is 22.5. The van der Waals surface area contributed by atoms with E-state index in [-0.39, 0.29) is 17.5 Å². The third-order valence-corrected chi connectivity index (χ3v) is 6.24. The molecule has 9 heteroatoms. The molecule has 1 amide bonds. The van der Waals surface area contributed by atoms with Crippen LogP contribution in [0.25, 0.3) is 17.1 Å². The number of hydrogen-bond acceptors (Lipinski definition) is 6. The summed E-state index contributed by atoms with van der Waals surface area (Å²) in [6.07, 6.45) is 0. The van der Waals surface area contributed by atoms with E-state index in [4.69, 9.17) is 4.74 Å². The van der Waals surface area contributed by atoms with Crippen molar-refractivity contribution in [1.82, 2.24) is 24.6 Å². The number of aromatic nitrogens is 3. The van der Waals surface area contributed by atoms with Gasteiger partial charge in [0.2, 0.25) is 5.91 Å². The number of para-hydroxylation sites is 1. The van der Waals surface area contributed by atoms with Crippen LogP contribution in [0.3, 0.4) is 0 Å². The third kappa shape index (κ3) is 4.94. The summed E-state index contributed by atoms with van der Waals surface area (Å²) in [6, 6.07) is 13.9. The standard InChI is InChI=1S/C23H26FN5O2S/c1-3-31-18-10-8-17(9-11-18)22-25-26-23(29(22)20-7-5-4-6-19(20)24)32-16-21(30)28-14-12-27(2)13-15-28/h4-11H,3,12-16H2,1-2H3. The second-order valence-corrected chi connectivity index (χ2v) is 8.47. The van der Waals surface area contributed by atoms with Crippen molar-refractivity contribution in [2.24, 2.45) is 0 Å². The van der Waals surface area contributed by atoms with Crippen LogP contribution >= 0.6 is 11.8 Å². The molecule has 0 saturated carbocycles. The average Bonchev–Trinajstić information content (AvgIpc) is 3.22. The van der Waals surface area contributed by atoms with Crippen molar-refractivity contribution in [2.45, 2.75) is 12.1 Å². The van der Waals surface area contributed by atoms with Gasteiger partial charge in [0.05, 0.1) is 18.0 Å². The molecule has 2 aromatic carbocycles.